The SMILES string of the molecule is [B].[Fe].[Nd].[Pr].[Si]. The standard InChI is InChI=1S/B.Fe.Nd.Pr.Si. The molecule has 0 unspecified atom stereocenters. The molecule has 0 aliphatic carbocycles. The monoisotopic (exact) mass is 378 g/mol. The molecule has 0 aromatic rings. The number of rotatable bonds is 0. The van der Waals surface area contributed by atoms with E-state index in [1.165, 1.54) is 0 Å². The molecule has 0 heterocycles. The summed E-state index contributed by atoms with van der Waals surface area (Å²) in [5.74, 6) is 0. The summed E-state index contributed by atoms with van der Waals surface area (Å²) in [6, 6.07) is 0. The minimum Gasteiger partial charge on any atom is 0 e. The molecule has 0 aromatic heterocycles. The zero-order chi connectivity index (χ0) is 0. The van der Waals surface area contributed by atoms with Crippen LogP contribution in [-0.2, 0) is 17.1 Å². The van der Waals surface area contributed by atoms with Crippen molar-refractivity contribution < 1.29 is 99.2 Å². The van der Waals surface area contributed by atoms with Gasteiger partial charge in [-0.05, 0) is 0 Å². The second-order valence-corrected chi connectivity index (χ2v) is 0. The molecule has 22 valence electrons. The first-order chi connectivity index (χ1) is 0. The molecule has 0 saturated carbocycles. The topological polar surface area (TPSA) is 0 Å². The summed E-state index contributed by atoms with van der Waals surface area (Å²) in [5, 5.41) is 0. The van der Waals surface area contributed by atoms with Crippen LogP contribution in [-0.4, -0.2) is 19.4 Å². The van der Waals surface area contributed by atoms with Gasteiger partial charge in [0.1, 0.15) is 0 Å². The maximum Gasteiger partial charge on any atom is 0 e. The molecular weight excluding hydrogens is 380 g/mol. The van der Waals surface area contributed by atoms with Crippen LogP contribution in [0.5, 0.6) is 0 Å². The van der Waals surface area contributed by atoms with E-state index in [2.05, 4.69) is 0 Å². The van der Waals surface area contributed by atoms with Gasteiger partial charge in [-0.25, -0.2) is 0 Å². The summed E-state index contributed by atoms with van der Waals surface area (Å²) in [5.41, 5.74) is 0. The zero-order valence-corrected chi connectivity index (χ0v) is 11.5. The van der Waals surface area contributed by atoms with Crippen LogP contribution in [0, 0.1) is 82.1 Å². The van der Waals surface area contributed by atoms with Crippen molar-refractivity contribution in [1.29, 1.82) is 0 Å². The van der Waals surface area contributed by atoms with Crippen molar-refractivity contribution in [2.75, 3.05) is 0 Å². The Morgan fingerprint density at radius 3 is 1.00 bits per heavy atom. The second kappa shape index (κ2) is 25.8. The van der Waals surface area contributed by atoms with E-state index in [1.54, 1.807) is 0 Å². The summed E-state index contributed by atoms with van der Waals surface area (Å²) >= 11 is 0. The molecule has 5 heavy (non-hydrogen) atoms. The van der Waals surface area contributed by atoms with Crippen molar-refractivity contribution in [1.82, 2.24) is 0 Å². The van der Waals surface area contributed by atoms with Gasteiger partial charge in [-0.15, -0.1) is 0 Å². The predicted octanol–water partition coefficient (Wildman–Crippen LogP) is -0.764. The van der Waals surface area contributed by atoms with E-state index in [9.17, 15) is 0 Å². The number of hydrogen-bond donors (Lipinski definition) is 0. The smallest absolute Gasteiger partial charge is 0 e. The Hall–Kier alpha value is 3.52. The Balaban J connectivity index is 0. The first kappa shape index (κ1) is 38.9. The average Bonchev–Trinajstić information content (AvgIpc) is 0. The van der Waals surface area contributed by atoms with E-state index < -0.39 is 0 Å². The molecule has 0 aliphatic heterocycles. The molecule has 0 saturated heterocycles. The van der Waals surface area contributed by atoms with Gasteiger partial charge >= 0.3 is 0 Å². The minimum atomic E-state index is 0. The van der Waals surface area contributed by atoms with Crippen molar-refractivity contribution in [3.8, 4) is 0 Å². The first-order valence-electron chi connectivity index (χ1n) is 0. The van der Waals surface area contributed by atoms with Crippen molar-refractivity contribution in [3.05, 3.63) is 0 Å². The van der Waals surface area contributed by atoms with Gasteiger partial charge in [-0.3, -0.25) is 0 Å². The van der Waals surface area contributed by atoms with E-state index in [0.29, 0.717) is 0 Å². The Bertz CT molecular complexity index is 11.6. The Labute approximate surface area is 116 Å². The van der Waals surface area contributed by atoms with Crippen molar-refractivity contribution in [3.63, 3.8) is 0 Å². The maximum absolute atomic E-state index is 0. The quantitative estimate of drug-likeness (QED) is 0.485. The molecule has 0 bridgehead atoms. The molecule has 0 aromatic carbocycles. The van der Waals surface area contributed by atoms with Gasteiger partial charge < -0.3 is 0 Å². The van der Waals surface area contributed by atoms with E-state index in [0.717, 1.165) is 0 Å². The van der Waals surface area contributed by atoms with Crippen LogP contribution in [0.2, 0.25) is 0 Å². The van der Waals surface area contributed by atoms with Gasteiger partial charge in [0, 0.05) is 119 Å². The molecule has 0 amide bonds. The van der Waals surface area contributed by atoms with Crippen LogP contribution >= 0.6 is 0 Å². The van der Waals surface area contributed by atoms with Crippen LogP contribution in [0.3, 0.4) is 0 Å². The molecular formula is BFeNdPrSi. The van der Waals surface area contributed by atoms with Crippen LogP contribution in [0.4, 0.5) is 0 Å². The van der Waals surface area contributed by atoms with Crippen LogP contribution < -0.4 is 0 Å². The van der Waals surface area contributed by atoms with Gasteiger partial charge in [-0.1, -0.05) is 0 Å². The van der Waals surface area contributed by atoms with E-state index in [-0.39, 0.29) is 119 Å². The van der Waals surface area contributed by atoms with Gasteiger partial charge in [0.15, 0.2) is 0 Å². The summed E-state index contributed by atoms with van der Waals surface area (Å²) in [6.45, 7) is 0. The number of hydrogen-bond acceptors (Lipinski definition) is 0. The van der Waals surface area contributed by atoms with Crippen molar-refractivity contribution in [2.24, 2.45) is 0 Å². The molecule has 0 aliphatic rings. The fourth-order valence-electron chi connectivity index (χ4n) is 0. The first-order valence-corrected chi connectivity index (χ1v) is 0. The molecule has 0 nitrogen and oxygen atoms in total. The van der Waals surface area contributed by atoms with Crippen LogP contribution in [0.1, 0.15) is 0 Å². The third kappa shape index (κ3) is 18.5. The summed E-state index contributed by atoms with van der Waals surface area (Å²) < 4.78 is 0. The Kier molecular flexibility index (Phi) is 201. The van der Waals surface area contributed by atoms with Gasteiger partial charge in [0.05, 0.1) is 0 Å². The van der Waals surface area contributed by atoms with Gasteiger partial charge in [-0.2, -0.15) is 0 Å². The normalized spacial score (nSPS) is 0. The Morgan fingerprint density at radius 2 is 1.00 bits per heavy atom. The third-order valence-corrected chi connectivity index (χ3v) is 0. The molecule has 0 spiro atoms. The van der Waals surface area contributed by atoms with E-state index >= 15 is 0 Å². The summed E-state index contributed by atoms with van der Waals surface area (Å²) in [6.07, 6.45) is 0. The predicted molar refractivity (Wildman–Crippen MR) is 11.5 cm³/mol. The molecule has 8 radical (unpaired) electrons. The molecule has 0 fully saturated rings. The summed E-state index contributed by atoms with van der Waals surface area (Å²) in [4.78, 5) is 0. The largest absolute Gasteiger partial charge is 0 e. The fraction of sp³-hybridized carbons (Fsp3) is 0. The van der Waals surface area contributed by atoms with E-state index in [4.69, 9.17) is 0 Å². The molecule has 0 rings (SSSR count). The maximum atomic E-state index is 0. The molecule has 0 atom stereocenters. The molecule has 0 N–H and O–H groups in total. The third-order valence-electron chi connectivity index (χ3n) is 0. The fourth-order valence-corrected chi connectivity index (χ4v) is 0. The van der Waals surface area contributed by atoms with Crippen molar-refractivity contribution >= 4 is 19.4 Å². The second-order valence-electron chi connectivity index (χ2n) is 0. The average molecular weight is 380 g/mol. The van der Waals surface area contributed by atoms with E-state index in [1.807, 2.05) is 0 Å². The van der Waals surface area contributed by atoms with Gasteiger partial charge in [0.25, 0.3) is 0 Å². The minimum absolute atomic E-state index is 0. The zero-order valence-electron chi connectivity index (χ0n) is 2.51. The van der Waals surface area contributed by atoms with Crippen LogP contribution in [0.15, 0.2) is 0 Å². The van der Waals surface area contributed by atoms with Crippen molar-refractivity contribution in [2.45, 2.75) is 0 Å². The summed E-state index contributed by atoms with van der Waals surface area (Å²) in [7, 11) is 0. The van der Waals surface area contributed by atoms with Gasteiger partial charge in [0.2, 0.25) is 0 Å². The van der Waals surface area contributed by atoms with Crippen LogP contribution in [0.25, 0.3) is 0 Å². The Morgan fingerprint density at radius 1 is 1.00 bits per heavy atom. The molecule has 5 heteroatoms.